The Kier molecular flexibility index (Phi) is 4.57. The van der Waals surface area contributed by atoms with Crippen LogP contribution in [0.1, 0.15) is 28.5 Å². The number of rotatable bonds is 5. The summed E-state index contributed by atoms with van der Waals surface area (Å²) < 4.78 is 0.761. The fourth-order valence-electron chi connectivity index (χ4n) is 1.85. The van der Waals surface area contributed by atoms with E-state index in [0.29, 0.717) is 5.69 Å². The number of H-pyrrole nitrogens is 1. The zero-order valence-corrected chi connectivity index (χ0v) is 12.1. The molecule has 20 heavy (non-hydrogen) atoms. The highest BCUT2D eigenvalue weighted by Gasteiger charge is 2.19. The summed E-state index contributed by atoms with van der Waals surface area (Å²) in [5.74, 6) is -1.31. The summed E-state index contributed by atoms with van der Waals surface area (Å²) in [5, 5.41) is 11.7. The van der Waals surface area contributed by atoms with Crippen LogP contribution in [0.25, 0.3) is 0 Å². The van der Waals surface area contributed by atoms with Crippen LogP contribution in [0.4, 0.5) is 0 Å². The van der Waals surface area contributed by atoms with Gasteiger partial charge in [-0.1, -0.05) is 30.3 Å². The van der Waals surface area contributed by atoms with Gasteiger partial charge in [0.05, 0.1) is 12.5 Å². The molecular weight excluding hydrogens is 324 g/mol. The van der Waals surface area contributed by atoms with Crippen LogP contribution >= 0.6 is 15.9 Å². The molecule has 2 aromatic rings. The number of benzene rings is 1. The molecule has 0 radical (unpaired) electrons. The van der Waals surface area contributed by atoms with E-state index in [-0.39, 0.29) is 12.3 Å². The largest absolute Gasteiger partial charge is 0.481 e. The number of nitrogens with one attached hydrogen (secondary N) is 2. The quantitative estimate of drug-likeness (QED) is 0.785. The Morgan fingerprint density at radius 2 is 2.00 bits per heavy atom. The molecule has 1 aromatic carbocycles. The Morgan fingerprint density at radius 3 is 2.55 bits per heavy atom. The van der Waals surface area contributed by atoms with E-state index in [4.69, 9.17) is 5.11 Å². The Labute approximate surface area is 124 Å². The van der Waals surface area contributed by atoms with Gasteiger partial charge in [0.25, 0.3) is 5.91 Å². The van der Waals surface area contributed by atoms with Crippen molar-refractivity contribution < 1.29 is 14.7 Å². The summed E-state index contributed by atoms with van der Waals surface area (Å²) in [6, 6.07) is 10.1. The van der Waals surface area contributed by atoms with E-state index >= 15 is 0 Å². The molecule has 0 aliphatic carbocycles. The number of aromatic nitrogens is 1. The normalized spacial score (nSPS) is 11.8. The van der Waals surface area contributed by atoms with Gasteiger partial charge in [-0.25, -0.2) is 0 Å². The lowest BCUT2D eigenvalue weighted by atomic mass is 10.0. The van der Waals surface area contributed by atoms with Crippen LogP contribution in [0.3, 0.4) is 0 Å². The molecule has 6 heteroatoms. The van der Waals surface area contributed by atoms with E-state index in [9.17, 15) is 9.59 Å². The first-order valence-corrected chi connectivity index (χ1v) is 6.77. The zero-order chi connectivity index (χ0) is 14.5. The molecule has 5 nitrogen and oxygen atoms in total. The minimum absolute atomic E-state index is 0.169. The third-order valence-corrected chi connectivity index (χ3v) is 3.24. The predicted molar refractivity (Wildman–Crippen MR) is 77.4 cm³/mol. The summed E-state index contributed by atoms with van der Waals surface area (Å²) >= 11 is 3.25. The van der Waals surface area contributed by atoms with Gasteiger partial charge < -0.3 is 15.4 Å². The minimum Gasteiger partial charge on any atom is -0.481 e. The molecule has 0 saturated heterocycles. The maximum atomic E-state index is 12.1. The highest BCUT2D eigenvalue weighted by Crippen LogP contribution is 2.18. The number of carbonyl (C=O) groups is 2. The molecule has 0 fully saturated rings. The number of aliphatic carboxylic acids is 1. The van der Waals surface area contributed by atoms with E-state index < -0.39 is 12.0 Å². The smallest absolute Gasteiger partial charge is 0.305 e. The maximum Gasteiger partial charge on any atom is 0.305 e. The molecule has 3 N–H and O–H groups in total. The van der Waals surface area contributed by atoms with E-state index in [0.717, 1.165) is 10.0 Å². The van der Waals surface area contributed by atoms with E-state index in [2.05, 4.69) is 26.2 Å². The Morgan fingerprint density at radius 1 is 1.30 bits per heavy atom. The molecule has 1 aromatic heterocycles. The van der Waals surface area contributed by atoms with Gasteiger partial charge in [-0.05, 0) is 27.6 Å². The first-order chi connectivity index (χ1) is 9.56. The molecule has 0 aliphatic heterocycles. The van der Waals surface area contributed by atoms with Crippen LogP contribution in [-0.2, 0) is 4.79 Å². The van der Waals surface area contributed by atoms with Crippen molar-refractivity contribution in [3.8, 4) is 0 Å². The van der Waals surface area contributed by atoms with Crippen LogP contribution in [0.15, 0.2) is 47.1 Å². The topological polar surface area (TPSA) is 82.2 Å². The molecule has 1 unspecified atom stereocenters. The second kappa shape index (κ2) is 6.38. The van der Waals surface area contributed by atoms with Crippen LogP contribution in [0.2, 0.25) is 0 Å². The van der Waals surface area contributed by atoms with Crippen molar-refractivity contribution in [2.24, 2.45) is 0 Å². The van der Waals surface area contributed by atoms with Gasteiger partial charge in [-0.2, -0.15) is 0 Å². The second-order valence-electron chi connectivity index (χ2n) is 4.27. The second-order valence-corrected chi connectivity index (χ2v) is 5.18. The van der Waals surface area contributed by atoms with Crippen molar-refractivity contribution in [3.05, 3.63) is 58.3 Å². The summed E-state index contributed by atoms with van der Waals surface area (Å²) in [4.78, 5) is 25.8. The SMILES string of the molecule is O=C(O)CC(NC(=O)c1cc(Br)c[nH]1)c1ccccc1. The van der Waals surface area contributed by atoms with Crippen molar-refractivity contribution in [1.82, 2.24) is 10.3 Å². The highest BCUT2D eigenvalue weighted by atomic mass is 79.9. The third-order valence-electron chi connectivity index (χ3n) is 2.78. The average Bonchev–Trinajstić information content (AvgIpc) is 2.85. The van der Waals surface area contributed by atoms with Gasteiger partial charge in [-0.15, -0.1) is 0 Å². The number of aromatic amines is 1. The molecule has 1 heterocycles. The van der Waals surface area contributed by atoms with Crippen molar-refractivity contribution in [3.63, 3.8) is 0 Å². The molecule has 2 rings (SSSR count). The molecule has 1 atom stereocenters. The van der Waals surface area contributed by atoms with E-state index in [1.165, 1.54) is 0 Å². The van der Waals surface area contributed by atoms with Gasteiger partial charge in [0.15, 0.2) is 0 Å². The van der Waals surface area contributed by atoms with Gasteiger partial charge in [-0.3, -0.25) is 9.59 Å². The van der Waals surface area contributed by atoms with Crippen LogP contribution in [-0.4, -0.2) is 22.0 Å². The Bertz CT molecular complexity index is 610. The van der Waals surface area contributed by atoms with Gasteiger partial charge in [0.2, 0.25) is 0 Å². The zero-order valence-electron chi connectivity index (χ0n) is 10.5. The van der Waals surface area contributed by atoms with E-state index in [1.807, 2.05) is 18.2 Å². The summed E-state index contributed by atoms with van der Waals surface area (Å²) in [6.07, 6.45) is 1.47. The molecule has 0 saturated carbocycles. The predicted octanol–water partition coefficient (Wildman–Crippen LogP) is 2.72. The highest BCUT2D eigenvalue weighted by molar-refractivity contribution is 9.10. The number of carbonyl (C=O) groups excluding carboxylic acids is 1. The van der Waals surface area contributed by atoms with Crippen LogP contribution in [0.5, 0.6) is 0 Å². The number of halogens is 1. The molecule has 0 spiro atoms. The van der Waals surface area contributed by atoms with Crippen molar-refractivity contribution in [2.75, 3.05) is 0 Å². The lowest BCUT2D eigenvalue weighted by molar-refractivity contribution is -0.137. The summed E-state index contributed by atoms with van der Waals surface area (Å²) in [6.45, 7) is 0. The van der Waals surface area contributed by atoms with Crippen LogP contribution in [0, 0.1) is 0 Å². The van der Waals surface area contributed by atoms with Gasteiger partial charge in [0, 0.05) is 10.7 Å². The number of hydrogen-bond donors (Lipinski definition) is 3. The monoisotopic (exact) mass is 336 g/mol. The molecule has 104 valence electrons. The average molecular weight is 337 g/mol. The fourth-order valence-corrected chi connectivity index (χ4v) is 2.19. The fraction of sp³-hybridized carbons (Fsp3) is 0.143. The molecule has 0 bridgehead atoms. The van der Waals surface area contributed by atoms with Crippen molar-refractivity contribution in [2.45, 2.75) is 12.5 Å². The third kappa shape index (κ3) is 3.71. The lowest BCUT2D eigenvalue weighted by Crippen LogP contribution is -2.30. The Balaban J connectivity index is 2.16. The first kappa shape index (κ1) is 14.3. The number of hydrogen-bond acceptors (Lipinski definition) is 2. The Hall–Kier alpha value is -2.08. The molecule has 1 amide bonds. The maximum absolute atomic E-state index is 12.1. The molecular formula is C14H13BrN2O3. The van der Waals surface area contributed by atoms with Crippen molar-refractivity contribution >= 4 is 27.8 Å². The number of amides is 1. The minimum atomic E-state index is -0.966. The van der Waals surface area contributed by atoms with Crippen molar-refractivity contribution in [1.29, 1.82) is 0 Å². The first-order valence-electron chi connectivity index (χ1n) is 5.98. The molecule has 0 aliphatic rings. The van der Waals surface area contributed by atoms with Gasteiger partial charge in [0.1, 0.15) is 5.69 Å². The van der Waals surface area contributed by atoms with Gasteiger partial charge >= 0.3 is 5.97 Å². The summed E-state index contributed by atoms with van der Waals surface area (Å²) in [5.41, 5.74) is 1.14. The number of carboxylic acid groups (broad SMARTS) is 1. The number of carboxylic acids is 1. The lowest BCUT2D eigenvalue weighted by Gasteiger charge is -2.16. The van der Waals surface area contributed by atoms with E-state index in [1.54, 1.807) is 24.4 Å². The standard InChI is InChI=1S/C14H13BrN2O3/c15-10-6-12(16-8-10)14(20)17-11(7-13(18)19)9-4-2-1-3-5-9/h1-6,8,11,16H,7H2,(H,17,20)(H,18,19). The summed E-state index contributed by atoms with van der Waals surface area (Å²) in [7, 11) is 0. The van der Waals surface area contributed by atoms with Crippen LogP contribution < -0.4 is 5.32 Å².